The number of ether oxygens (including phenoxy) is 1. The fourth-order valence-corrected chi connectivity index (χ4v) is 2.92. The van der Waals surface area contributed by atoms with Gasteiger partial charge in [-0.05, 0) is 24.3 Å². The summed E-state index contributed by atoms with van der Waals surface area (Å²) in [6.45, 7) is 3.78. The predicted octanol–water partition coefficient (Wildman–Crippen LogP) is 1.90. The molecule has 1 aromatic carbocycles. The summed E-state index contributed by atoms with van der Waals surface area (Å²) in [5, 5.41) is 9.18. The Labute approximate surface area is 117 Å². The highest BCUT2D eigenvalue weighted by atomic mass is 32.2. The molecule has 1 saturated heterocycles. The average molecular weight is 276 g/mol. The molecular formula is C14H16N2O2S. The molecule has 1 heterocycles. The molecule has 1 unspecified atom stereocenters. The van der Waals surface area contributed by atoms with Gasteiger partial charge in [0.05, 0.1) is 11.6 Å². The molecule has 4 nitrogen and oxygen atoms in total. The molecule has 0 N–H and O–H groups in total. The van der Waals surface area contributed by atoms with E-state index in [0.717, 1.165) is 18.8 Å². The van der Waals surface area contributed by atoms with Crippen LogP contribution in [0.3, 0.4) is 0 Å². The molecule has 0 bridgehead atoms. The molecule has 1 fully saturated rings. The van der Waals surface area contributed by atoms with Crippen LogP contribution in [0.25, 0.3) is 0 Å². The monoisotopic (exact) mass is 276 g/mol. The maximum Gasteiger partial charge on any atom is 0.260 e. The summed E-state index contributed by atoms with van der Waals surface area (Å²) in [5.41, 5.74) is 0.584. The molecule has 2 rings (SSSR count). The molecule has 5 heteroatoms. The van der Waals surface area contributed by atoms with E-state index in [4.69, 9.17) is 10.00 Å². The van der Waals surface area contributed by atoms with E-state index < -0.39 is 0 Å². The normalized spacial score (nSPS) is 18.7. The summed E-state index contributed by atoms with van der Waals surface area (Å²) in [6, 6.07) is 8.82. The van der Waals surface area contributed by atoms with Crippen molar-refractivity contribution in [1.29, 1.82) is 5.26 Å². The first kappa shape index (κ1) is 13.8. The Morgan fingerprint density at radius 2 is 2.26 bits per heavy atom. The number of rotatable bonds is 3. The molecule has 0 aliphatic carbocycles. The lowest BCUT2D eigenvalue weighted by molar-refractivity contribution is -0.133. The van der Waals surface area contributed by atoms with Crippen LogP contribution in [-0.2, 0) is 4.79 Å². The van der Waals surface area contributed by atoms with Crippen LogP contribution in [0.15, 0.2) is 24.3 Å². The van der Waals surface area contributed by atoms with Crippen LogP contribution in [0.4, 0.5) is 0 Å². The molecule has 1 aromatic rings. The van der Waals surface area contributed by atoms with Crippen molar-refractivity contribution in [2.24, 2.45) is 0 Å². The molecule has 1 amide bonds. The summed E-state index contributed by atoms with van der Waals surface area (Å²) in [4.78, 5) is 13.8. The highest BCUT2D eigenvalue weighted by molar-refractivity contribution is 7.99. The number of hydrogen-bond donors (Lipinski definition) is 0. The van der Waals surface area contributed by atoms with E-state index in [1.54, 1.807) is 24.3 Å². The summed E-state index contributed by atoms with van der Waals surface area (Å²) in [5.74, 6) is 1.63. The van der Waals surface area contributed by atoms with Crippen molar-refractivity contribution in [2.75, 3.05) is 25.4 Å². The highest BCUT2D eigenvalue weighted by Gasteiger charge is 2.21. The second-order valence-electron chi connectivity index (χ2n) is 4.45. The Balaban J connectivity index is 1.84. The van der Waals surface area contributed by atoms with Crippen molar-refractivity contribution in [3.63, 3.8) is 0 Å². The van der Waals surface area contributed by atoms with Crippen LogP contribution in [0.2, 0.25) is 0 Å². The molecule has 1 atom stereocenters. The zero-order chi connectivity index (χ0) is 13.7. The van der Waals surface area contributed by atoms with E-state index >= 15 is 0 Å². The molecule has 0 radical (unpaired) electrons. The quantitative estimate of drug-likeness (QED) is 0.846. The maximum absolute atomic E-state index is 12.0. The van der Waals surface area contributed by atoms with E-state index in [0.29, 0.717) is 16.6 Å². The number of nitrogens with zero attached hydrogens (tertiary/aromatic N) is 2. The number of amides is 1. The van der Waals surface area contributed by atoms with Gasteiger partial charge < -0.3 is 9.64 Å². The number of carbonyl (C=O) groups is 1. The van der Waals surface area contributed by atoms with Gasteiger partial charge in [0.2, 0.25) is 0 Å². The summed E-state index contributed by atoms with van der Waals surface area (Å²) in [6.07, 6.45) is 0. The van der Waals surface area contributed by atoms with E-state index in [2.05, 4.69) is 6.92 Å². The van der Waals surface area contributed by atoms with Crippen LogP contribution in [0.5, 0.6) is 5.75 Å². The van der Waals surface area contributed by atoms with Gasteiger partial charge in [-0.25, -0.2) is 0 Å². The van der Waals surface area contributed by atoms with Crippen molar-refractivity contribution in [2.45, 2.75) is 12.2 Å². The van der Waals surface area contributed by atoms with Crippen LogP contribution in [-0.4, -0.2) is 41.5 Å². The van der Waals surface area contributed by atoms with Crippen molar-refractivity contribution < 1.29 is 9.53 Å². The lowest BCUT2D eigenvalue weighted by Gasteiger charge is -2.30. The summed E-state index contributed by atoms with van der Waals surface area (Å²) < 4.78 is 5.45. The Morgan fingerprint density at radius 1 is 1.53 bits per heavy atom. The van der Waals surface area contributed by atoms with Gasteiger partial charge in [0.1, 0.15) is 5.75 Å². The molecule has 1 aliphatic heterocycles. The standard InChI is InChI=1S/C14H16N2O2S/c1-11-9-16(6-7-19-11)14(17)10-18-13-4-2-12(8-15)3-5-13/h2-5,11H,6-7,9-10H2,1H3. The highest BCUT2D eigenvalue weighted by Crippen LogP contribution is 2.18. The second kappa shape index (κ2) is 6.48. The first-order valence-corrected chi connectivity index (χ1v) is 7.26. The molecule has 100 valence electrons. The SMILES string of the molecule is CC1CN(C(=O)COc2ccc(C#N)cc2)CCS1. The number of hydrogen-bond acceptors (Lipinski definition) is 4. The van der Waals surface area contributed by atoms with E-state index in [9.17, 15) is 4.79 Å². The minimum atomic E-state index is 0.0245. The zero-order valence-corrected chi connectivity index (χ0v) is 11.7. The van der Waals surface area contributed by atoms with Gasteiger partial charge in [0.25, 0.3) is 5.91 Å². The van der Waals surface area contributed by atoms with Gasteiger partial charge in [-0.1, -0.05) is 6.92 Å². The summed E-state index contributed by atoms with van der Waals surface area (Å²) in [7, 11) is 0. The third-order valence-corrected chi connectivity index (χ3v) is 4.08. The van der Waals surface area contributed by atoms with Crippen LogP contribution < -0.4 is 4.74 Å². The maximum atomic E-state index is 12.0. The van der Waals surface area contributed by atoms with Gasteiger partial charge in [-0.2, -0.15) is 17.0 Å². The molecule has 0 saturated carbocycles. The van der Waals surface area contributed by atoms with Gasteiger partial charge in [-0.3, -0.25) is 4.79 Å². The largest absolute Gasteiger partial charge is 0.484 e. The van der Waals surface area contributed by atoms with Gasteiger partial charge in [0, 0.05) is 24.1 Å². The third kappa shape index (κ3) is 3.90. The predicted molar refractivity (Wildman–Crippen MR) is 75.2 cm³/mol. The smallest absolute Gasteiger partial charge is 0.260 e. The van der Waals surface area contributed by atoms with E-state index in [1.807, 2.05) is 22.7 Å². The molecule has 1 aliphatic rings. The molecule has 0 aromatic heterocycles. The number of benzene rings is 1. The number of nitriles is 1. The lowest BCUT2D eigenvalue weighted by Crippen LogP contribution is -2.43. The van der Waals surface area contributed by atoms with Gasteiger partial charge >= 0.3 is 0 Å². The fraction of sp³-hybridized carbons (Fsp3) is 0.429. The number of carbonyl (C=O) groups excluding carboxylic acids is 1. The molecule has 19 heavy (non-hydrogen) atoms. The Kier molecular flexibility index (Phi) is 4.69. The van der Waals surface area contributed by atoms with Crippen molar-refractivity contribution >= 4 is 17.7 Å². The topological polar surface area (TPSA) is 53.3 Å². The average Bonchev–Trinajstić information content (AvgIpc) is 2.45. The van der Waals surface area contributed by atoms with E-state index in [1.165, 1.54) is 0 Å². The first-order valence-electron chi connectivity index (χ1n) is 6.21. The fourth-order valence-electron chi connectivity index (χ4n) is 1.91. The van der Waals surface area contributed by atoms with Crippen LogP contribution in [0, 0.1) is 11.3 Å². The van der Waals surface area contributed by atoms with Gasteiger partial charge in [-0.15, -0.1) is 0 Å². The third-order valence-electron chi connectivity index (χ3n) is 2.94. The van der Waals surface area contributed by atoms with Gasteiger partial charge in [0.15, 0.2) is 6.61 Å². The number of thioether (sulfide) groups is 1. The van der Waals surface area contributed by atoms with Crippen LogP contribution in [0.1, 0.15) is 12.5 Å². The second-order valence-corrected chi connectivity index (χ2v) is 5.99. The Bertz CT molecular complexity index is 481. The lowest BCUT2D eigenvalue weighted by atomic mass is 10.2. The van der Waals surface area contributed by atoms with Crippen molar-refractivity contribution in [3.8, 4) is 11.8 Å². The Hall–Kier alpha value is -1.67. The minimum absolute atomic E-state index is 0.0245. The van der Waals surface area contributed by atoms with Crippen molar-refractivity contribution in [3.05, 3.63) is 29.8 Å². The Morgan fingerprint density at radius 3 is 2.89 bits per heavy atom. The molecular weight excluding hydrogens is 260 g/mol. The molecule has 0 spiro atoms. The van der Waals surface area contributed by atoms with Crippen LogP contribution >= 0.6 is 11.8 Å². The zero-order valence-electron chi connectivity index (χ0n) is 10.8. The van der Waals surface area contributed by atoms with E-state index in [-0.39, 0.29) is 12.5 Å². The van der Waals surface area contributed by atoms with Crippen molar-refractivity contribution in [1.82, 2.24) is 4.90 Å². The minimum Gasteiger partial charge on any atom is -0.484 e. The summed E-state index contributed by atoms with van der Waals surface area (Å²) >= 11 is 1.89. The first-order chi connectivity index (χ1) is 9.19.